The summed E-state index contributed by atoms with van der Waals surface area (Å²) >= 11 is 0. The van der Waals surface area contributed by atoms with Crippen LogP contribution in [0.4, 0.5) is 5.69 Å². The van der Waals surface area contributed by atoms with Crippen molar-refractivity contribution in [3.63, 3.8) is 0 Å². The van der Waals surface area contributed by atoms with E-state index in [1.165, 1.54) is 23.2 Å². The van der Waals surface area contributed by atoms with Crippen molar-refractivity contribution in [2.75, 3.05) is 5.32 Å². The monoisotopic (exact) mass is 265 g/mol. The molecule has 0 radical (unpaired) electrons. The average molecular weight is 265 g/mol. The van der Waals surface area contributed by atoms with Gasteiger partial charge in [-0.25, -0.2) is 0 Å². The fourth-order valence-corrected chi connectivity index (χ4v) is 3.74. The van der Waals surface area contributed by atoms with Crippen molar-refractivity contribution < 1.29 is 0 Å². The third kappa shape index (κ3) is 1.93. The summed E-state index contributed by atoms with van der Waals surface area (Å²) < 4.78 is 0. The maximum absolute atomic E-state index is 3.67. The molecule has 0 aromatic heterocycles. The van der Waals surface area contributed by atoms with Crippen LogP contribution in [-0.2, 0) is 6.42 Å². The molecular weight excluding hydrogens is 242 g/mol. The lowest BCUT2D eigenvalue weighted by Crippen LogP contribution is -2.34. The molecule has 0 bridgehead atoms. The van der Waals surface area contributed by atoms with Gasteiger partial charge in [-0.15, -0.1) is 0 Å². The van der Waals surface area contributed by atoms with E-state index in [4.69, 9.17) is 0 Å². The van der Waals surface area contributed by atoms with Crippen molar-refractivity contribution in [2.24, 2.45) is 5.92 Å². The van der Waals surface area contributed by atoms with Crippen LogP contribution in [0, 0.1) is 5.92 Å². The SMILES string of the molecule is CC.CC1Nc2ccccc2C2c3ccccc3CC12. The van der Waals surface area contributed by atoms with Crippen molar-refractivity contribution in [2.45, 2.75) is 39.2 Å². The second kappa shape index (κ2) is 5.32. The Labute approximate surface area is 122 Å². The third-order valence-corrected chi connectivity index (χ3v) is 4.60. The Morgan fingerprint density at radius 3 is 2.35 bits per heavy atom. The van der Waals surface area contributed by atoms with Crippen molar-refractivity contribution >= 4 is 5.69 Å². The van der Waals surface area contributed by atoms with Gasteiger partial charge in [0.15, 0.2) is 0 Å². The standard InChI is InChI=1S/C17H17N.C2H6/c1-11-15-10-12-6-2-3-7-13(12)17(15)14-8-4-5-9-16(14)18-11;1-2/h2-9,11,15,17-18H,10H2,1H3;1-2H3. The number of para-hydroxylation sites is 1. The Bertz CT molecular complexity index is 602. The highest BCUT2D eigenvalue weighted by Crippen LogP contribution is 2.49. The summed E-state index contributed by atoms with van der Waals surface area (Å²) in [6.45, 7) is 6.32. The minimum Gasteiger partial charge on any atom is -0.382 e. The van der Waals surface area contributed by atoms with Gasteiger partial charge in [-0.1, -0.05) is 56.3 Å². The summed E-state index contributed by atoms with van der Waals surface area (Å²) in [5.74, 6) is 1.30. The lowest BCUT2D eigenvalue weighted by atomic mass is 9.78. The minimum atomic E-state index is 0.553. The molecule has 3 atom stereocenters. The van der Waals surface area contributed by atoms with Crippen LogP contribution in [0.1, 0.15) is 43.4 Å². The first-order chi connectivity index (χ1) is 9.84. The molecule has 104 valence electrons. The van der Waals surface area contributed by atoms with E-state index in [2.05, 4.69) is 60.8 Å². The molecule has 3 unspecified atom stereocenters. The molecule has 0 saturated carbocycles. The normalized spacial score (nSPS) is 25.4. The average Bonchev–Trinajstić information content (AvgIpc) is 2.90. The number of hydrogen-bond donors (Lipinski definition) is 1. The zero-order chi connectivity index (χ0) is 14.1. The molecule has 0 spiro atoms. The predicted octanol–water partition coefficient (Wildman–Crippen LogP) is 4.83. The molecule has 1 heteroatoms. The van der Waals surface area contributed by atoms with Crippen LogP contribution in [0.15, 0.2) is 48.5 Å². The van der Waals surface area contributed by atoms with Crippen LogP contribution in [0.3, 0.4) is 0 Å². The summed E-state index contributed by atoms with van der Waals surface area (Å²) in [7, 11) is 0. The Kier molecular flexibility index (Phi) is 3.52. The van der Waals surface area contributed by atoms with Gasteiger partial charge < -0.3 is 5.32 Å². The van der Waals surface area contributed by atoms with E-state index in [1.807, 2.05) is 13.8 Å². The Morgan fingerprint density at radius 1 is 0.900 bits per heavy atom. The second-order valence-corrected chi connectivity index (χ2v) is 5.56. The predicted molar refractivity (Wildman–Crippen MR) is 86.4 cm³/mol. The number of fused-ring (bicyclic) bond motifs is 5. The molecule has 0 fully saturated rings. The maximum atomic E-state index is 3.67. The largest absolute Gasteiger partial charge is 0.382 e. The van der Waals surface area contributed by atoms with Crippen LogP contribution in [-0.4, -0.2) is 6.04 Å². The summed E-state index contributed by atoms with van der Waals surface area (Å²) in [5, 5.41) is 3.67. The quantitative estimate of drug-likeness (QED) is 0.719. The highest BCUT2D eigenvalue weighted by atomic mass is 14.9. The van der Waals surface area contributed by atoms with Crippen LogP contribution in [0.25, 0.3) is 0 Å². The van der Waals surface area contributed by atoms with Gasteiger partial charge in [-0.3, -0.25) is 0 Å². The van der Waals surface area contributed by atoms with Gasteiger partial charge in [0.1, 0.15) is 0 Å². The Morgan fingerprint density at radius 2 is 1.55 bits per heavy atom. The maximum Gasteiger partial charge on any atom is 0.0381 e. The second-order valence-electron chi connectivity index (χ2n) is 5.56. The highest BCUT2D eigenvalue weighted by molar-refractivity contribution is 5.61. The van der Waals surface area contributed by atoms with E-state index in [9.17, 15) is 0 Å². The number of hydrogen-bond acceptors (Lipinski definition) is 1. The van der Waals surface area contributed by atoms with E-state index < -0.39 is 0 Å². The summed E-state index contributed by atoms with van der Waals surface area (Å²) in [5.41, 5.74) is 5.88. The first kappa shape index (κ1) is 13.2. The molecule has 2 aromatic carbocycles. The number of anilines is 1. The number of rotatable bonds is 0. The first-order valence-electron chi connectivity index (χ1n) is 7.78. The van der Waals surface area contributed by atoms with Gasteiger partial charge >= 0.3 is 0 Å². The van der Waals surface area contributed by atoms with E-state index in [-0.39, 0.29) is 0 Å². The van der Waals surface area contributed by atoms with E-state index in [0.717, 1.165) is 0 Å². The lowest BCUT2D eigenvalue weighted by Gasteiger charge is -2.35. The van der Waals surface area contributed by atoms with Crippen molar-refractivity contribution in [3.8, 4) is 0 Å². The van der Waals surface area contributed by atoms with Crippen LogP contribution in [0.2, 0.25) is 0 Å². The molecule has 0 amide bonds. The molecule has 2 aromatic rings. The van der Waals surface area contributed by atoms with Crippen molar-refractivity contribution in [1.29, 1.82) is 0 Å². The van der Waals surface area contributed by atoms with Gasteiger partial charge in [0.25, 0.3) is 0 Å². The first-order valence-corrected chi connectivity index (χ1v) is 7.78. The zero-order valence-electron chi connectivity index (χ0n) is 12.6. The lowest BCUT2D eigenvalue weighted by molar-refractivity contribution is 0.432. The molecule has 1 heterocycles. The summed E-state index contributed by atoms with van der Waals surface area (Å²) in [6, 6.07) is 18.3. The van der Waals surface area contributed by atoms with Crippen molar-refractivity contribution in [3.05, 3.63) is 65.2 Å². The van der Waals surface area contributed by atoms with E-state index in [1.54, 1.807) is 5.56 Å². The number of nitrogens with one attached hydrogen (secondary N) is 1. The molecular formula is C19H23N. The smallest absolute Gasteiger partial charge is 0.0381 e. The van der Waals surface area contributed by atoms with E-state index in [0.29, 0.717) is 17.9 Å². The van der Waals surface area contributed by atoms with Crippen LogP contribution in [0.5, 0.6) is 0 Å². The molecule has 1 aliphatic heterocycles. The van der Waals surface area contributed by atoms with E-state index >= 15 is 0 Å². The molecule has 2 aliphatic rings. The van der Waals surface area contributed by atoms with Gasteiger partial charge in [0, 0.05) is 17.6 Å². The fourth-order valence-electron chi connectivity index (χ4n) is 3.74. The van der Waals surface area contributed by atoms with Crippen LogP contribution < -0.4 is 5.32 Å². The molecule has 1 aliphatic carbocycles. The Balaban J connectivity index is 0.000000581. The molecule has 1 nitrogen and oxygen atoms in total. The summed E-state index contributed by atoms with van der Waals surface area (Å²) in [4.78, 5) is 0. The van der Waals surface area contributed by atoms with Crippen molar-refractivity contribution in [1.82, 2.24) is 0 Å². The van der Waals surface area contributed by atoms with Crippen LogP contribution >= 0.6 is 0 Å². The minimum absolute atomic E-state index is 0.553. The van der Waals surface area contributed by atoms with Gasteiger partial charge in [0.05, 0.1) is 0 Å². The topological polar surface area (TPSA) is 12.0 Å². The van der Waals surface area contributed by atoms with Gasteiger partial charge in [-0.2, -0.15) is 0 Å². The fraction of sp³-hybridized carbons (Fsp3) is 0.368. The zero-order valence-corrected chi connectivity index (χ0v) is 12.6. The van der Waals surface area contributed by atoms with Gasteiger partial charge in [-0.05, 0) is 42.0 Å². The third-order valence-electron chi connectivity index (χ3n) is 4.60. The molecule has 1 N–H and O–H groups in total. The molecule has 20 heavy (non-hydrogen) atoms. The molecule has 0 saturated heterocycles. The Hall–Kier alpha value is -1.76. The van der Waals surface area contributed by atoms with Gasteiger partial charge in [0.2, 0.25) is 0 Å². The molecule has 4 rings (SSSR count). The summed E-state index contributed by atoms with van der Waals surface area (Å²) in [6.07, 6.45) is 1.21. The highest BCUT2D eigenvalue weighted by Gasteiger charge is 2.40. The number of benzene rings is 2.